The van der Waals surface area contributed by atoms with Crippen molar-refractivity contribution in [1.29, 1.82) is 0 Å². The van der Waals surface area contributed by atoms with Crippen molar-refractivity contribution in [2.75, 3.05) is 16.8 Å². The molecule has 8 nitrogen and oxygen atoms in total. The lowest BCUT2D eigenvalue weighted by atomic mass is 9.93. The van der Waals surface area contributed by atoms with Crippen molar-refractivity contribution in [2.24, 2.45) is 0 Å². The van der Waals surface area contributed by atoms with E-state index in [0.717, 1.165) is 37.3 Å². The van der Waals surface area contributed by atoms with Gasteiger partial charge < -0.3 is 20.8 Å². The molecule has 1 aliphatic carbocycles. The van der Waals surface area contributed by atoms with Crippen molar-refractivity contribution in [2.45, 2.75) is 44.5 Å². The zero-order valence-corrected chi connectivity index (χ0v) is 24.4. The number of nitrogens with one attached hydrogen (secondary N) is 2. The second kappa shape index (κ2) is 13.9. The van der Waals surface area contributed by atoms with E-state index in [4.69, 9.17) is 5.11 Å². The van der Waals surface area contributed by atoms with E-state index in [1.54, 1.807) is 24.3 Å². The summed E-state index contributed by atoms with van der Waals surface area (Å²) in [5.74, 6) is -2.06. The van der Waals surface area contributed by atoms with E-state index < -0.39 is 42.3 Å². The largest absolute Gasteiger partial charge is 0.479 e. The summed E-state index contributed by atoms with van der Waals surface area (Å²) in [6.07, 6.45) is 0.0540. The van der Waals surface area contributed by atoms with Gasteiger partial charge in [-0.25, -0.2) is 9.59 Å². The average Bonchev–Trinajstić information content (AvgIpc) is 2.99. The molecular weight excluding hydrogens is 631 g/mol. The first-order chi connectivity index (χ1) is 20.4. The summed E-state index contributed by atoms with van der Waals surface area (Å²) in [7, 11) is 0. The number of carboxylic acids is 1. The number of carboxylic acid groups (broad SMARTS) is 1. The molecule has 0 spiro atoms. The van der Waals surface area contributed by atoms with Gasteiger partial charge >= 0.3 is 18.2 Å². The third-order valence-corrected chi connectivity index (χ3v) is 7.60. The summed E-state index contributed by atoms with van der Waals surface area (Å²) in [5, 5.41) is 23.0. The summed E-state index contributed by atoms with van der Waals surface area (Å²) in [6, 6.07) is 16.3. The molecule has 0 radical (unpaired) electrons. The number of allylic oxidation sites excluding steroid dienone is 2. The van der Waals surface area contributed by atoms with E-state index in [9.17, 15) is 32.7 Å². The predicted octanol–water partition coefficient (Wildman–Crippen LogP) is 6.84. The highest BCUT2D eigenvalue weighted by Gasteiger charge is 2.33. The number of aliphatic hydroxyl groups is 1. The van der Waals surface area contributed by atoms with Crippen LogP contribution in [0.5, 0.6) is 0 Å². The maximum atomic E-state index is 13.5. The van der Waals surface area contributed by atoms with Crippen LogP contribution >= 0.6 is 15.9 Å². The first kappa shape index (κ1) is 31.8. The Labute approximate surface area is 254 Å². The number of hydrogen-bond acceptors (Lipinski definition) is 4. The third-order valence-electron chi connectivity index (χ3n) is 6.91. The fraction of sp³-hybridized carbons (Fsp3) is 0.258. The number of anilines is 2. The van der Waals surface area contributed by atoms with Gasteiger partial charge in [0.1, 0.15) is 0 Å². The Morgan fingerprint density at radius 2 is 1.67 bits per heavy atom. The number of alkyl halides is 3. The third kappa shape index (κ3) is 8.45. The molecule has 4 rings (SSSR count). The van der Waals surface area contributed by atoms with Crippen LogP contribution in [-0.4, -0.2) is 40.8 Å². The molecule has 1 aliphatic rings. The number of aliphatic hydroxyl groups excluding tert-OH is 1. The van der Waals surface area contributed by atoms with E-state index >= 15 is 0 Å². The molecule has 0 aliphatic heterocycles. The summed E-state index contributed by atoms with van der Waals surface area (Å²) < 4.78 is 40.2. The lowest BCUT2D eigenvalue weighted by Gasteiger charge is -2.24. The van der Waals surface area contributed by atoms with Crippen LogP contribution in [0.4, 0.5) is 29.3 Å². The Balaban J connectivity index is 1.57. The van der Waals surface area contributed by atoms with Crippen LogP contribution in [0.3, 0.4) is 0 Å². The van der Waals surface area contributed by atoms with Gasteiger partial charge in [0.2, 0.25) is 0 Å². The maximum absolute atomic E-state index is 13.5. The first-order valence-corrected chi connectivity index (χ1v) is 14.2. The molecule has 0 aromatic heterocycles. The SMILES string of the molecule is O=C(NC[C@@H](O)C(=O)O)c1ccc(CN(C(=O)Nc2ccc(Br)c(C(F)(F)F)c2)c2ccc(C3=CCCCC3)cc2)cc1. The highest BCUT2D eigenvalue weighted by Crippen LogP contribution is 2.36. The zero-order valence-electron chi connectivity index (χ0n) is 22.8. The molecular formula is C31H29BrF3N3O5. The Bertz CT molecular complexity index is 1510. The molecule has 3 aromatic rings. The number of nitrogens with zero attached hydrogens (tertiary/aromatic N) is 1. The number of rotatable bonds is 9. The molecule has 0 heterocycles. The number of benzene rings is 3. The van der Waals surface area contributed by atoms with Crippen molar-refractivity contribution in [1.82, 2.24) is 5.32 Å². The molecule has 0 saturated carbocycles. The fourth-order valence-electron chi connectivity index (χ4n) is 4.57. The molecule has 3 amide bonds. The second-order valence-corrected chi connectivity index (χ2v) is 10.8. The summed E-state index contributed by atoms with van der Waals surface area (Å²) in [4.78, 5) is 38.0. The van der Waals surface area contributed by atoms with Crippen LogP contribution in [0.15, 0.2) is 77.3 Å². The average molecular weight is 660 g/mol. The number of aliphatic carboxylic acids is 1. The van der Waals surface area contributed by atoms with Gasteiger partial charge in [-0.2, -0.15) is 13.2 Å². The second-order valence-electron chi connectivity index (χ2n) is 9.99. The first-order valence-electron chi connectivity index (χ1n) is 13.4. The van der Waals surface area contributed by atoms with Crippen LogP contribution in [0.1, 0.15) is 52.7 Å². The molecule has 226 valence electrons. The minimum absolute atomic E-state index is 0.0240. The van der Waals surface area contributed by atoms with Crippen molar-refractivity contribution >= 4 is 50.8 Å². The number of carbonyl (C=O) groups is 3. The van der Waals surface area contributed by atoms with Gasteiger partial charge in [-0.05, 0) is 84.8 Å². The van der Waals surface area contributed by atoms with Gasteiger partial charge in [0.15, 0.2) is 6.10 Å². The monoisotopic (exact) mass is 659 g/mol. The zero-order chi connectivity index (χ0) is 31.1. The van der Waals surface area contributed by atoms with Crippen LogP contribution in [0.25, 0.3) is 5.57 Å². The fourth-order valence-corrected chi connectivity index (χ4v) is 5.04. The van der Waals surface area contributed by atoms with Gasteiger partial charge in [-0.3, -0.25) is 9.69 Å². The van der Waals surface area contributed by atoms with Gasteiger partial charge in [-0.15, -0.1) is 0 Å². The predicted molar refractivity (Wildman–Crippen MR) is 160 cm³/mol. The minimum Gasteiger partial charge on any atom is -0.479 e. The molecule has 4 N–H and O–H groups in total. The minimum atomic E-state index is -4.62. The number of halogens is 4. The lowest BCUT2D eigenvalue weighted by Crippen LogP contribution is -2.36. The van der Waals surface area contributed by atoms with E-state index in [1.807, 2.05) is 12.1 Å². The van der Waals surface area contributed by atoms with Crippen LogP contribution < -0.4 is 15.5 Å². The van der Waals surface area contributed by atoms with Crippen LogP contribution in [0.2, 0.25) is 0 Å². The normalized spacial score (nSPS) is 13.9. The van der Waals surface area contributed by atoms with Gasteiger partial charge in [0.25, 0.3) is 5.91 Å². The molecule has 3 aromatic carbocycles. The van der Waals surface area contributed by atoms with E-state index in [0.29, 0.717) is 11.3 Å². The summed E-state index contributed by atoms with van der Waals surface area (Å²) in [5.41, 5.74) is 2.63. The highest BCUT2D eigenvalue weighted by atomic mass is 79.9. The van der Waals surface area contributed by atoms with Crippen LogP contribution in [-0.2, 0) is 17.5 Å². The molecule has 0 bridgehead atoms. The quantitative estimate of drug-likeness (QED) is 0.201. The Hall–Kier alpha value is -4.16. The summed E-state index contributed by atoms with van der Waals surface area (Å²) >= 11 is 2.91. The van der Waals surface area contributed by atoms with Crippen molar-refractivity contribution in [3.8, 4) is 0 Å². The lowest BCUT2D eigenvalue weighted by molar-refractivity contribution is -0.146. The van der Waals surface area contributed by atoms with Gasteiger partial charge in [0, 0.05) is 21.4 Å². The van der Waals surface area contributed by atoms with Gasteiger partial charge in [-0.1, -0.05) is 46.3 Å². The smallest absolute Gasteiger partial charge is 0.417 e. The number of carbonyl (C=O) groups excluding carboxylic acids is 2. The van der Waals surface area contributed by atoms with E-state index in [2.05, 4.69) is 32.6 Å². The molecule has 0 unspecified atom stereocenters. The Morgan fingerprint density at radius 1 is 0.977 bits per heavy atom. The number of urea groups is 1. The van der Waals surface area contributed by atoms with E-state index in [-0.39, 0.29) is 22.3 Å². The molecule has 1 atom stereocenters. The number of amides is 3. The maximum Gasteiger partial charge on any atom is 0.417 e. The molecule has 43 heavy (non-hydrogen) atoms. The molecule has 0 fully saturated rings. The van der Waals surface area contributed by atoms with Crippen molar-refractivity contribution < 1.29 is 37.8 Å². The van der Waals surface area contributed by atoms with Crippen molar-refractivity contribution in [3.63, 3.8) is 0 Å². The summed E-state index contributed by atoms with van der Waals surface area (Å²) in [6.45, 7) is -0.445. The highest BCUT2D eigenvalue weighted by molar-refractivity contribution is 9.10. The molecule has 12 heteroatoms. The topological polar surface area (TPSA) is 119 Å². The van der Waals surface area contributed by atoms with Gasteiger partial charge in [0.05, 0.1) is 18.7 Å². The van der Waals surface area contributed by atoms with E-state index in [1.165, 1.54) is 34.7 Å². The number of hydrogen-bond donors (Lipinski definition) is 4. The Morgan fingerprint density at radius 3 is 2.28 bits per heavy atom. The Kier molecular flexibility index (Phi) is 10.3. The molecule has 0 saturated heterocycles. The van der Waals surface area contributed by atoms with Crippen molar-refractivity contribution in [3.05, 3.63) is 99.5 Å². The standard InChI is InChI=1S/C31H29BrF3N3O5/c32-26-15-12-23(16-25(26)31(33,34)35)37-30(43)38(24-13-10-21(11-14-24)20-4-2-1-3-5-20)18-19-6-8-22(9-7-19)28(40)36-17-27(39)29(41)42/h4,6-16,27,39H,1-3,5,17-18H2,(H,36,40)(H,37,43)(H,41,42)/t27-/m1/s1. The van der Waals surface area contributed by atoms with Crippen LogP contribution in [0, 0.1) is 0 Å².